The lowest BCUT2D eigenvalue weighted by molar-refractivity contribution is -0.491. The number of hydrogen-bond acceptors (Lipinski definition) is 5. The van der Waals surface area contributed by atoms with E-state index in [1.165, 1.54) is 0 Å². The van der Waals surface area contributed by atoms with Gasteiger partial charge in [0.1, 0.15) is 6.10 Å². The molecule has 7 heteroatoms. The minimum atomic E-state index is -1.07. The van der Waals surface area contributed by atoms with Crippen molar-refractivity contribution < 1.29 is 14.8 Å². The highest BCUT2D eigenvalue weighted by atomic mass is 16.6. The topological polar surface area (TPSA) is 83.7 Å². The van der Waals surface area contributed by atoms with Crippen LogP contribution in [0.4, 0.5) is 0 Å². The molecular weight excluding hydrogens is 247 g/mol. The molecule has 1 aromatic carbocycles. The van der Waals surface area contributed by atoms with E-state index in [1.54, 1.807) is 4.81 Å². The van der Waals surface area contributed by atoms with Crippen LogP contribution in [0.15, 0.2) is 24.3 Å². The Hall–Kier alpha value is -1.73. The maximum absolute atomic E-state index is 10.7. The van der Waals surface area contributed by atoms with Gasteiger partial charge in [-0.1, -0.05) is 24.3 Å². The molecule has 0 aliphatic carbocycles. The number of rotatable bonds is 5. The smallest absolute Gasteiger partial charge is 0.281 e. The van der Waals surface area contributed by atoms with Crippen LogP contribution >= 0.6 is 0 Å². The molecule has 0 aromatic heterocycles. The highest BCUT2D eigenvalue weighted by molar-refractivity contribution is 6.64. The van der Waals surface area contributed by atoms with E-state index in [0.29, 0.717) is 13.0 Å². The van der Waals surface area contributed by atoms with Crippen LogP contribution in [0.25, 0.3) is 0 Å². The molecule has 1 aromatic rings. The molecule has 100 valence electrons. The molecule has 0 saturated carbocycles. The Balaban J connectivity index is 2.20. The Kier molecular flexibility index (Phi) is 4.29. The van der Waals surface area contributed by atoms with Crippen LogP contribution < -0.4 is 0 Å². The summed E-state index contributed by atoms with van der Waals surface area (Å²) in [6, 6.07) is 7.38. The standard InChI is InChI=1S/C12H15BN2O4/c16-8-13-14-6-10-4-2-1-3-9(10)5-11(14)12(17)7-15(18)19/h1-4,8,11-13,17H,5-7H2/t11-,12+/m0/s1. The Morgan fingerprint density at radius 1 is 1.53 bits per heavy atom. The predicted octanol–water partition coefficient (Wildman–Crippen LogP) is -0.407. The van der Waals surface area contributed by atoms with Gasteiger partial charge in [-0.25, -0.2) is 0 Å². The molecule has 0 radical (unpaired) electrons. The van der Waals surface area contributed by atoms with Crippen molar-refractivity contribution in [2.24, 2.45) is 0 Å². The fraction of sp³-hybridized carbons (Fsp3) is 0.417. The van der Waals surface area contributed by atoms with E-state index in [2.05, 4.69) is 0 Å². The summed E-state index contributed by atoms with van der Waals surface area (Å²) in [5, 5.41) is 20.5. The lowest BCUT2D eigenvalue weighted by Crippen LogP contribution is -2.51. The summed E-state index contributed by atoms with van der Waals surface area (Å²) in [7, 11) is 0.174. The third kappa shape index (κ3) is 3.18. The summed E-state index contributed by atoms with van der Waals surface area (Å²) in [5.74, 6) is 0. The van der Waals surface area contributed by atoms with Crippen LogP contribution in [-0.4, -0.2) is 47.1 Å². The second-order valence-corrected chi connectivity index (χ2v) is 4.72. The Bertz CT molecular complexity index is 483. The highest BCUT2D eigenvalue weighted by Gasteiger charge is 2.33. The van der Waals surface area contributed by atoms with Gasteiger partial charge < -0.3 is 14.7 Å². The SMILES string of the molecule is O=CBN1Cc2ccccc2C[C@H]1[C@H](O)C[N+](=O)[O-]. The molecule has 1 heterocycles. The Morgan fingerprint density at radius 3 is 2.84 bits per heavy atom. The van der Waals surface area contributed by atoms with E-state index >= 15 is 0 Å². The van der Waals surface area contributed by atoms with Gasteiger partial charge in [0.2, 0.25) is 6.54 Å². The predicted molar refractivity (Wildman–Crippen MR) is 71.2 cm³/mol. The number of carbonyl (C=O) groups is 1. The van der Waals surface area contributed by atoms with Gasteiger partial charge in [-0.2, -0.15) is 0 Å². The second-order valence-electron chi connectivity index (χ2n) is 4.72. The van der Waals surface area contributed by atoms with E-state index in [1.807, 2.05) is 24.3 Å². The molecule has 0 unspecified atom stereocenters. The van der Waals surface area contributed by atoms with Gasteiger partial charge >= 0.3 is 0 Å². The first-order valence-electron chi connectivity index (χ1n) is 6.16. The molecule has 0 fully saturated rings. The first kappa shape index (κ1) is 13.7. The molecule has 1 aliphatic heterocycles. The zero-order chi connectivity index (χ0) is 13.8. The summed E-state index contributed by atoms with van der Waals surface area (Å²) in [4.78, 5) is 22.5. The number of aliphatic hydroxyl groups is 1. The van der Waals surface area contributed by atoms with Gasteiger partial charge in [0.05, 0.1) is 6.19 Å². The molecule has 0 saturated heterocycles. The van der Waals surface area contributed by atoms with Gasteiger partial charge in [-0.15, -0.1) is 0 Å². The monoisotopic (exact) mass is 262 g/mol. The molecule has 2 atom stereocenters. The van der Waals surface area contributed by atoms with E-state index in [0.717, 1.165) is 17.3 Å². The summed E-state index contributed by atoms with van der Waals surface area (Å²) < 4.78 is 0. The normalized spacial score (nSPS) is 20.4. The fourth-order valence-corrected chi connectivity index (χ4v) is 2.55. The van der Waals surface area contributed by atoms with Gasteiger partial charge in [0, 0.05) is 17.5 Å². The number of carbonyl (C=O) groups excluding carboxylic acids is 1. The Morgan fingerprint density at radius 2 is 2.21 bits per heavy atom. The van der Waals surface area contributed by atoms with Gasteiger partial charge in [-0.3, -0.25) is 10.1 Å². The number of benzene rings is 1. The number of hydrogen-bond donors (Lipinski definition) is 1. The van der Waals surface area contributed by atoms with Crippen molar-refractivity contribution in [2.45, 2.75) is 25.1 Å². The van der Waals surface area contributed by atoms with Crippen LogP contribution in [0, 0.1) is 10.1 Å². The maximum atomic E-state index is 10.7. The molecule has 1 aliphatic rings. The van der Waals surface area contributed by atoms with Crippen LogP contribution in [0.3, 0.4) is 0 Å². The Labute approximate surface area is 111 Å². The van der Waals surface area contributed by atoms with Crippen molar-refractivity contribution in [1.82, 2.24) is 4.81 Å². The number of nitrogens with zero attached hydrogens (tertiary/aromatic N) is 2. The summed E-state index contributed by atoms with van der Waals surface area (Å²) in [5.41, 5.74) is 2.19. The van der Waals surface area contributed by atoms with Crippen LogP contribution in [-0.2, 0) is 17.8 Å². The highest BCUT2D eigenvalue weighted by Crippen LogP contribution is 2.24. The zero-order valence-corrected chi connectivity index (χ0v) is 10.4. The summed E-state index contributed by atoms with van der Waals surface area (Å²) in [6.07, 6.45) is 0.224. The van der Waals surface area contributed by atoms with Crippen molar-refractivity contribution in [3.05, 3.63) is 45.5 Å². The molecule has 2 rings (SSSR count). The first-order valence-corrected chi connectivity index (χ1v) is 6.16. The number of fused-ring (bicyclic) bond motifs is 1. The molecule has 1 N–H and O–H groups in total. The first-order chi connectivity index (χ1) is 9.11. The van der Waals surface area contributed by atoms with Crippen LogP contribution in [0.1, 0.15) is 11.1 Å². The molecule has 0 bridgehead atoms. The van der Waals surface area contributed by atoms with E-state index in [-0.39, 0.29) is 13.5 Å². The van der Waals surface area contributed by atoms with Crippen molar-refractivity contribution in [3.63, 3.8) is 0 Å². The van der Waals surface area contributed by atoms with E-state index < -0.39 is 17.6 Å². The number of aliphatic hydroxyl groups excluding tert-OH is 1. The molecule has 0 spiro atoms. The average Bonchev–Trinajstić information content (AvgIpc) is 2.37. The summed E-state index contributed by atoms with van der Waals surface area (Å²) in [6.45, 7) is 0.0382. The fourth-order valence-electron chi connectivity index (χ4n) is 2.55. The average molecular weight is 262 g/mol. The molecule has 6 nitrogen and oxygen atoms in total. The third-order valence-electron chi connectivity index (χ3n) is 3.48. The second kappa shape index (κ2) is 5.94. The van der Waals surface area contributed by atoms with Gasteiger partial charge in [0.25, 0.3) is 7.41 Å². The lowest BCUT2D eigenvalue weighted by Gasteiger charge is -2.37. The summed E-state index contributed by atoms with van der Waals surface area (Å²) >= 11 is 0. The third-order valence-corrected chi connectivity index (χ3v) is 3.48. The van der Waals surface area contributed by atoms with E-state index in [9.17, 15) is 20.0 Å². The van der Waals surface area contributed by atoms with Crippen molar-refractivity contribution in [3.8, 4) is 0 Å². The zero-order valence-electron chi connectivity index (χ0n) is 10.4. The van der Waals surface area contributed by atoms with Crippen molar-refractivity contribution >= 4 is 13.6 Å². The largest absolute Gasteiger partial charge is 0.385 e. The minimum absolute atomic E-state index is 0.174. The van der Waals surface area contributed by atoms with E-state index in [4.69, 9.17) is 0 Å². The maximum Gasteiger partial charge on any atom is 0.281 e. The quantitative estimate of drug-likeness (QED) is 0.337. The molecule has 0 amide bonds. The molecular formula is C12H15BN2O4. The van der Waals surface area contributed by atoms with Crippen molar-refractivity contribution in [1.29, 1.82) is 0 Å². The van der Waals surface area contributed by atoms with Gasteiger partial charge in [-0.05, 0) is 17.5 Å². The van der Waals surface area contributed by atoms with Gasteiger partial charge in [0.15, 0.2) is 0 Å². The molecule has 19 heavy (non-hydrogen) atoms. The van der Waals surface area contributed by atoms with Crippen molar-refractivity contribution in [2.75, 3.05) is 6.54 Å². The minimum Gasteiger partial charge on any atom is -0.385 e. The van der Waals surface area contributed by atoms with Crippen LogP contribution in [0.5, 0.6) is 0 Å². The lowest BCUT2D eigenvalue weighted by atomic mass is 9.82. The number of nitro groups is 1. The van der Waals surface area contributed by atoms with Crippen LogP contribution in [0.2, 0.25) is 0 Å².